The number of thiophene rings is 1. The highest BCUT2D eigenvalue weighted by Crippen LogP contribution is 2.31. The van der Waals surface area contributed by atoms with Gasteiger partial charge in [0.25, 0.3) is 0 Å². The molecule has 0 unspecified atom stereocenters. The van der Waals surface area contributed by atoms with E-state index in [4.69, 9.17) is 16.3 Å². The molecule has 0 aliphatic carbocycles. The van der Waals surface area contributed by atoms with E-state index >= 15 is 0 Å². The molecule has 0 saturated carbocycles. The minimum Gasteiger partial charge on any atom is -0.377 e. The molecule has 2 rings (SSSR count). The van der Waals surface area contributed by atoms with Crippen LogP contribution in [-0.4, -0.2) is 17.1 Å². The molecule has 0 amide bonds. The van der Waals surface area contributed by atoms with Crippen molar-refractivity contribution in [2.75, 3.05) is 7.11 Å². The average molecular weight is 320 g/mol. The molecule has 0 N–H and O–H groups in total. The van der Waals surface area contributed by atoms with E-state index in [2.05, 4.69) is 25.9 Å². The second-order valence-corrected chi connectivity index (χ2v) is 5.04. The summed E-state index contributed by atoms with van der Waals surface area (Å²) < 4.78 is 6.00. The van der Waals surface area contributed by atoms with E-state index in [1.807, 2.05) is 10.8 Å². The molecular formula is C10H8BrClN2OS. The summed E-state index contributed by atoms with van der Waals surface area (Å²) in [6, 6.07) is 1.74. The third-order valence-electron chi connectivity index (χ3n) is 1.91. The molecule has 0 spiro atoms. The van der Waals surface area contributed by atoms with E-state index in [9.17, 15) is 0 Å². The molecule has 0 bridgehead atoms. The van der Waals surface area contributed by atoms with Crippen LogP contribution in [-0.2, 0) is 11.3 Å². The molecule has 0 radical (unpaired) electrons. The van der Waals surface area contributed by atoms with Gasteiger partial charge in [-0.25, -0.2) is 9.97 Å². The van der Waals surface area contributed by atoms with E-state index in [0.717, 1.165) is 15.7 Å². The Labute approximate surface area is 111 Å². The second kappa shape index (κ2) is 5.23. The monoisotopic (exact) mass is 318 g/mol. The van der Waals surface area contributed by atoms with Gasteiger partial charge in [0.05, 0.1) is 5.69 Å². The van der Waals surface area contributed by atoms with Crippen molar-refractivity contribution in [3.8, 4) is 11.3 Å². The summed E-state index contributed by atoms with van der Waals surface area (Å²) in [4.78, 5) is 8.46. The Hall–Kier alpha value is -0.490. The first-order valence-electron chi connectivity index (χ1n) is 4.45. The molecule has 3 nitrogen and oxygen atoms in total. The summed E-state index contributed by atoms with van der Waals surface area (Å²) in [5, 5.41) is 4.44. The lowest BCUT2D eigenvalue weighted by Gasteiger charge is -2.03. The maximum atomic E-state index is 5.94. The van der Waals surface area contributed by atoms with E-state index in [1.165, 1.54) is 0 Å². The Bertz CT molecular complexity index is 503. The fraction of sp³-hybridized carbons (Fsp3) is 0.200. The highest BCUT2D eigenvalue weighted by atomic mass is 79.9. The Balaban J connectivity index is 2.45. The number of rotatable bonds is 3. The predicted molar refractivity (Wildman–Crippen MR) is 68.8 cm³/mol. The highest BCUT2D eigenvalue weighted by Gasteiger charge is 2.09. The molecule has 2 aromatic rings. The first-order valence-corrected chi connectivity index (χ1v) is 6.56. The molecule has 16 heavy (non-hydrogen) atoms. The summed E-state index contributed by atoms with van der Waals surface area (Å²) in [6.45, 7) is 0.356. The van der Waals surface area contributed by atoms with Gasteiger partial charge < -0.3 is 4.74 Å². The summed E-state index contributed by atoms with van der Waals surface area (Å²) in [7, 11) is 1.60. The van der Waals surface area contributed by atoms with E-state index in [1.54, 1.807) is 24.5 Å². The molecule has 0 saturated heterocycles. The molecular weight excluding hydrogens is 312 g/mol. The number of hydrogen-bond donors (Lipinski definition) is 0. The summed E-state index contributed by atoms with van der Waals surface area (Å²) in [5.74, 6) is 0.586. The highest BCUT2D eigenvalue weighted by molar-refractivity contribution is 9.10. The van der Waals surface area contributed by atoms with Gasteiger partial charge in [0.15, 0.2) is 5.82 Å². The van der Waals surface area contributed by atoms with Crippen LogP contribution in [0.5, 0.6) is 0 Å². The maximum absolute atomic E-state index is 5.94. The van der Waals surface area contributed by atoms with Gasteiger partial charge in [-0.3, -0.25) is 0 Å². The van der Waals surface area contributed by atoms with Gasteiger partial charge in [0, 0.05) is 34.0 Å². The van der Waals surface area contributed by atoms with Gasteiger partial charge in [-0.15, -0.1) is 0 Å². The van der Waals surface area contributed by atoms with E-state index in [0.29, 0.717) is 17.6 Å². The van der Waals surface area contributed by atoms with Crippen LogP contribution in [0.2, 0.25) is 5.15 Å². The SMILES string of the molecule is COCc1nc(Cl)cc(-c2cscc2Br)n1. The minimum atomic E-state index is 0.356. The van der Waals surface area contributed by atoms with Crippen molar-refractivity contribution in [2.45, 2.75) is 6.61 Å². The van der Waals surface area contributed by atoms with Gasteiger partial charge in [-0.1, -0.05) is 11.6 Å². The van der Waals surface area contributed by atoms with E-state index < -0.39 is 0 Å². The van der Waals surface area contributed by atoms with Gasteiger partial charge >= 0.3 is 0 Å². The van der Waals surface area contributed by atoms with Crippen molar-refractivity contribution in [3.05, 3.63) is 32.3 Å². The zero-order valence-electron chi connectivity index (χ0n) is 8.41. The standard InChI is InChI=1S/C10H8BrClN2OS/c1-15-3-10-13-8(2-9(12)14-10)6-4-16-5-7(6)11/h2,4-5H,3H2,1H3. The van der Waals surface area contributed by atoms with Crippen molar-refractivity contribution in [2.24, 2.45) is 0 Å². The number of aromatic nitrogens is 2. The topological polar surface area (TPSA) is 35.0 Å². The fourth-order valence-corrected chi connectivity index (χ4v) is 2.95. The Morgan fingerprint density at radius 1 is 1.44 bits per heavy atom. The molecule has 6 heteroatoms. The molecule has 2 aromatic heterocycles. The average Bonchev–Trinajstić information content (AvgIpc) is 2.64. The Kier molecular flexibility index (Phi) is 3.91. The first kappa shape index (κ1) is 12.0. The fourth-order valence-electron chi connectivity index (χ4n) is 1.26. The number of ether oxygens (including phenoxy) is 1. The van der Waals surface area contributed by atoms with Gasteiger partial charge in [0.1, 0.15) is 11.8 Å². The molecule has 0 aliphatic heterocycles. The third kappa shape index (κ3) is 2.60. The van der Waals surface area contributed by atoms with Crippen LogP contribution in [0, 0.1) is 0 Å². The molecule has 0 atom stereocenters. The quantitative estimate of drug-likeness (QED) is 0.808. The number of methoxy groups -OCH3 is 1. The molecule has 0 fully saturated rings. The number of nitrogens with zero attached hydrogens (tertiary/aromatic N) is 2. The smallest absolute Gasteiger partial charge is 0.156 e. The van der Waals surface area contributed by atoms with Crippen molar-refractivity contribution in [1.82, 2.24) is 9.97 Å². The van der Waals surface area contributed by atoms with Crippen LogP contribution in [0.15, 0.2) is 21.3 Å². The zero-order valence-corrected chi connectivity index (χ0v) is 11.6. The van der Waals surface area contributed by atoms with Gasteiger partial charge in [0.2, 0.25) is 0 Å². The van der Waals surface area contributed by atoms with Crippen LogP contribution in [0.25, 0.3) is 11.3 Å². The Morgan fingerprint density at radius 3 is 2.88 bits per heavy atom. The maximum Gasteiger partial charge on any atom is 0.156 e. The normalized spacial score (nSPS) is 10.7. The first-order chi connectivity index (χ1) is 7.70. The lowest BCUT2D eigenvalue weighted by Crippen LogP contribution is -1.98. The molecule has 84 valence electrons. The minimum absolute atomic E-state index is 0.356. The van der Waals surface area contributed by atoms with Crippen LogP contribution in [0.4, 0.5) is 0 Å². The van der Waals surface area contributed by atoms with Crippen LogP contribution < -0.4 is 0 Å². The number of hydrogen-bond acceptors (Lipinski definition) is 4. The Morgan fingerprint density at radius 2 is 2.25 bits per heavy atom. The molecule has 2 heterocycles. The summed E-state index contributed by atoms with van der Waals surface area (Å²) >= 11 is 11.0. The van der Waals surface area contributed by atoms with Crippen molar-refractivity contribution < 1.29 is 4.74 Å². The van der Waals surface area contributed by atoms with Crippen LogP contribution in [0.3, 0.4) is 0 Å². The zero-order chi connectivity index (χ0) is 11.5. The van der Waals surface area contributed by atoms with Gasteiger partial charge in [-0.2, -0.15) is 11.3 Å². The lowest BCUT2D eigenvalue weighted by atomic mass is 10.2. The number of halogens is 2. The molecule has 0 aliphatic rings. The largest absolute Gasteiger partial charge is 0.377 e. The van der Waals surface area contributed by atoms with Crippen molar-refractivity contribution in [3.63, 3.8) is 0 Å². The summed E-state index contributed by atoms with van der Waals surface area (Å²) in [6.07, 6.45) is 0. The van der Waals surface area contributed by atoms with Crippen LogP contribution >= 0.6 is 38.9 Å². The third-order valence-corrected chi connectivity index (χ3v) is 3.80. The van der Waals surface area contributed by atoms with Crippen molar-refractivity contribution >= 4 is 38.9 Å². The van der Waals surface area contributed by atoms with Crippen LogP contribution in [0.1, 0.15) is 5.82 Å². The van der Waals surface area contributed by atoms with E-state index in [-0.39, 0.29) is 0 Å². The molecule has 0 aromatic carbocycles. The van der Waals surface area contributed by atoms with Crippen molar-refractivity contribution in [1.29, 1.82) is 0 Å². The summed E-state index contributed by atoms with van der Waals surface area (Å²) in [5.41, 5.74) is 1.83. The lowest BCUT2D eigenvalue weighted by molar-refractivity contribution is 0.178. The predicted octanol–water partition coefficient (Wildman–Crippen LogP) is 3.77. The van der Waals surface area contributed by atoms with Gasteiger partial charge in [-0.05, 0) is 15.9 Å². The second-order valence-electron chi connectivity index (χ2n) is 3.06.